The number of rotatable bonds is 5. The van der Waals surface area contributed by atoms with Gasteiger partial charge >= 0.3 is 0 Å². The van der Waals surface area contributed by atoms with Gasteiger partial charge < -0.3 is 15.5 Å². The minimum absolute atomic E-state index is 0.0594. The first kappa shape index (κ1) is 18.9. The van der Waals surface area contributed by atoms with Crippen molar-refractivity contribution in [3.05, 3.63) is 53.9 Å². The third kappa shape index (κ3) is 4.38. The van der Waals surface area contributed by atoms with Crippen molar-refractivity contribution >= 4 is 22.8 Å². The lowest BCUT2D eigenvalue weighted by Gasteiger charge is -2.15. The van der Waals surface area contributed by atoms with Gasteiger partial charge in [-0.3, -0.25) is 20.0 Å². The number of aromatic amines is 1. The molecule has 8 heteroatoms. The van der Waals surface area contributed by atoms with E-state index >= 15 is 0 Å². The van der Waals surface area contributed by atoms with Gasteiger partial charge in [0, 0.05) is 31.2 Å². The second-order valence-electron chi connectivity index (χ2n) is 7.05. The van der Waals surface area contributed by atoms with E-state index in [9.17, 15) is 4.79 Å². The van der Waals surface area contributed by atoms with Crippen LogP contribution in [-0.2, 0) is 6.54 Å². The molecule has 1 aliphatic rings. The third-order valence-electron chi connectivity index (χ3n) is 4.96. The Morgan fingerprint density at radius 3 is 2.93 bits per heavy atom. The van der Waals surface area contributed by atoms with E-state index in [1.54, 1.807) is 12.3 Å². The summed E-state index contributed by atoms with van der Waals surface area (Å²) in [5, 5.41) is 3.37. The van der Waals surface area contributed by atoms with Gasteiger partial charge in [-0.2, -0.15) is 0 Å². The van der Waals surface area contributed by atoms with Gasteiger partial charge in [-0.15, -0.1) is 0 Å². The number of amides is 1. The highest BCUT2D eigenvalue weighted by Gasteiger charge is 2.15. The number of nitrogens with two attached hydrogens (primary N) is 1. The quantitative estimate of drug-likeness (QED) is 0.457. The number of para-hydroxylation sites is 1. The molecule has 1 fully saturated rings. The summed E-state index contributed by atoms with van der Waals surface area (Å²) in [6.45, 7) is 3.17. The monoisotopic (exact) mass is 392 g/mol. The number of carbonyl (C=O) groups is 1. The number of guanidine groups is 1. The molecule has 8 nitrogen and oxygen atoms in total. The number of aliphatic imine (C=N–C) groups is 1. The van der Waals surface area contributed by atoms with Crippen molar-refractivity contribution in [3.63, 3.8) is 0 Å². The zero-order chi connectivity index (χ0) is 20.2. The molecular formula is C21H24N6O2. The van der Waals surface area contributed by atoms with E-state index in [1.807, 2.05) is 30.3 Å². The molecule has 0 radical (unpaired) electrons. The van der Waals surface area contributed by atoms with Crippen LogP contribution < -0.4 is 15.8 Å². The maximum Gasteiger partial charge on any atom is 0.274 e. The summed E-state index contributed by atoms with van der Waals surface area (Å²) >= 11 is 0. The summed E-state index contributed by atoms with van der Waals surface area (Å²) in [5.41, 5.74) is 7.84. The van der Waals surface area contributed by atoms with Gasteiger partial charge in [-0.25, -0.2) is 4.98 Å². The van der Waals surface area contributed by atoms with E-state index in [4.69, 9.17) is 10.5 Å². The zero-order valence-corrected chi connectivity index (χ0v) is 16.3. The molecule has 3 heterocycles. The Kier molecular flexibility index (Phi) is 5.44. The summed E-state index contributed by atoms with van der Waals surface area (Å²) in [7, 11) is 1.51. The number of benzene rings is 1. The highest BCUT2D eigenvalue weighted by molar-refractivity contribution is 6.07. The predicted molar refractivity (Wildman–Crippen MR) is 112 cm³/mol. The molecule has 1 saturated heterocycles. The highest BCUT2D eigenvalue weighted by Crippen LogP contribution is 2.29. The number of pyridine rings is 1. The lowest BCUT2D eigenvalue weighted by molar-refractivity contribution is 0.0972. The Balaban J connectivity index is 1.55. The summed E-state index contributed by atoms with van der Waals surface area (Å²) in [6.07, 6.45) is 4.28. The van der Waals surface area contributed by atoms with E-state index in [2.05, 4.69) is 25.2 Å². The number of fused-ring (bicyclic) bond motifs is 1. The van der Waals surface area contributed by atoms with Crippen LogP contribution in [0, 0.1) is 0 Å². The topological polar surface area (TPSA) is 109 Å². The number of likely N-dealkylation sites (tertiary alicyclic amines) is 1. The number of H-pyrrole nitrogens is 1. The first-order valence-electron chi connectivity index (χ1n) is 9.63. The lowest BCUT2D eigenvalue weighted by atomic mass is 10.2. The van der Waals surface area contributed by atoms with Crippen molar-refractivity contribution in [1.82, 2.24) is 20.2 Å². The molecule has 1 amide bonds. The van der Waals surface area contributed by atoms with Crippen LogP contribution in [0.1, 0.15) is 28.9 Å². The van der Waals surface area contributed by atoms with Gasteiger partial charge in [-0.05, 0) is 49.7 Å². The predicted octanol–water partition coefficient (Wildman–Crippen LogP) is 2.63. The van der Waals surface area contributed by atoms with Gasteiger partial charge in [-0.1, -0.05) is 12.1 Å². The molecular weight excluding hydrogens is 368 g/mol. The fourth-order valence-electron chi connectivity index (χ4n) is 3.49. The summed E-state index contributed by atoms with van der Waals surface area (Å²) in [4.78, 5) is 25.9. The number of nitrogens with one attached hydrogen (secondary N) is 2. The fraction of sp³-hybridized carbons (Fsp3) is 0.286. The Labute approximate surface area is 168 Å². The van der Waals surface area contributed by atoms with Gasteiger partial charge in [0.15, 0.2) is 11.7 Å². The molecule has 4 N–H and O–H groups in total. The summed E-state index contributed by atoms with van der Waals surface area (Å²) < 4.78 is 6.05. The molecule has 1 aromatic carbocycles. The Bertz CT molecular complexity index is 1050. The van der Waals surface area contributed by atoms with Crippen LogP contribution in [0.4, 0.5) is 0 Å². The van der Waals surface area contributed by atoms with Crippen molar-refractivity contribution in [2.24, 2.45) is 10.7 Å². The number of hydrogen-bond donors (Lipinski definition) is 3. The minimum Gasteiger partial charge on any atom is -0.437 e. The smallest absolute Gasteiger partial charge is 0.274 e. The zero-order valence-electron chi connectivity index (χ0n) is 16.3. The third-order valence-corrected chi connectivity index (χ3v) is 4.96. The first-order valence-corrected chi connectivity index (χ1v) is 9.63. The van der Waals surface area contributed by atoms with Crippen LogP contribution in [0.15, 0.2) is 47.6 Å². The van der Waals surface area contributed by atoms with Crippen molar-refractivity contribution in [1.29, 1.82) is 0 Å². The fourth-order valence-corrected chi connectivity index (χ4v) is 3.49. The summed E-state index contributed by atoms with van der Waals surface area (Å²) in [6, 6.07) is 11.4. The van der Waals surface area contributed by atoms with Crippen molar-refractivity contribution in [2.75, 3.05) is 20.1 Å². The second kappa shape index (κ2) is 8.32. The van der Waals surface area contributed by atoms with Crippen LogP contribution in [0.25, 0.3) is 10.9 Å². The molecule has 0 bridgehead atoms. The Morgan fingerprint density at radius 1 is 1.31 bits per heavy atom. The van der Waals surface area contributed by atoms with Gasteiger partial charge in [0.05, 0.1) is 5.52 Å². The van der Waals surface area contributed by atoms with E-state index in [0.29, 0.717) is 17.3 Å². The maximum atomic E-state index is 12.3. The van der Waals surface area contributed by atoms with Crippen LogP contribution >= 0.6 is 0 Å². The standard InChI is InChI=1S/C21H24N6O2/c1-23-21(22)26-20(28)16-12-15-5-4-6-17(19(15)25-16)29-18-11-14(7-8-24-18)13-27-9-2-3-10-27/h4-8,11-12,25H,2-3,9-10,13H2,1H3,(H3,22,23,26,28). The average molecular weight is 392 g/mol. The number of hydrogen-bond acceptors (Lipinski definition) is 5. The number of nitrogens with zero attached hydrogens (tertiary/aromatic N) is 3. The lowest BCUT2D eigenvalue weighted by Crippen LogP contribution is -2.36. The summed E-state index contributed by atoms with van der Waals surface area (Å²) in [5.74, 6) is 0.826. The van der Waals surface area contributed by atoms with Crippen LogP contribution in [0.5, 0.6) is 11.6 Å². The molecule has 150 valence electrons. The largest absolute Gasteiger partial charge is 0.437 e. The Morgan fingerprint density at radius 2 is 2.14 bits per heavy atom. The van der Waals surface area contributed by atoms with Crippen molar-refractivity contribution in [2.45, 2.75) is 19.4 Å². The number of carbonyl (C=O) groups excluding carboxylic acids is 1. The second-order valence-corrected chi connectivity index (χ2v) is 7.05. The number of ether oxygens (including phenoxy) is 1. The molecule has 2 aromatic heterocycles. The molecule has 4 rings (SSSR count). The van der Waals surface area contributed by atoms with E-state index in [-0.39, 0.29) is 11.9 Å². The van der Waals surface area contributed by atoms with Crippen LogP contribution in [-0.4, -0.2) is 46.9 Å². The van der Waals surface area contributed by atoms with Crippen molar-refractivity contribution in [3.8, 4) is 11.6 Å². The molecule has 0 spiro atoms. The molecule has 1 aliphatic heterocycles. The number of aromatic nitrogens is 2. The van der Waals surface area contributed by atoms with Crippen LogP contribution in [0.2, 0.25) is 0 Å². The minimum atomic E-state index is -0.360. The molecule has 0 atom stereocenters. The van der Waals surface area contributed by atoms with Crippen molar-refractivity contribution < 1.29 is 9.53 Å². The Hall–Kier alpha value is -3.39. The normalized spacial score (nSPS) is 15.0. The highest BCUT2D eigenvalue weighted by atomic mass is 16.5. The molecule has 3 aromatic rings. The first-order chi connectivity index (χ1) is 14.1. The van der Waals surface area contributed by atoms with E-state index in [0.717, 1.165) is 30.5 Å². The molecule has 0 unspecified atom stereocenters. The van der Waals surface area contributed by atoms with E-state index < -0.39 is 0 Å². The van der Waals surface area contributed by atoms with Gasteiger partial charge in [0.2, 0.25) is 5.88 Å². The van der Waals surface area contributed by atoms with E-state index in [1.165, 1.54) is 25.5 Å². The molecule has 29 heavy (non-hydrogen) atoms. The average Bonchev–Trinajstić information content (AvgIpc) is 3.38. The maximum absolute atomic E-state index is 12.3. The molecule has 0 saturated carbocycles. The van der Waals surface area contributed by atoms with Gasteiger partial charge in [0.1, 0.15) is 5.69 Å². The molecule has 0 aliphatic carbocycles. The van der Waals surface area contributed by atoms with Gasteiger partial charge in [0.25, 0.3) is 5.91 Å². The van der Waals surface area contributed by atoms with Crippen LogP contribution in [0.3, 0.4) is 0 Å². The SMILES string of the molecule is CN=C(N)NC(=O)c1cc2cccc(Oc3cc(CN4CCCC4)ccn3)c2[nH]1.